The van der Waals surface area contributed by atoms with Gasteiger partial charge in [-0.2, -0.15) is 5.26 Å². The van der Waals surface area contributed by atoms with E-state index in [1.54, 1.807) is 17.0 Å². The van der Waals surface area contributed by atoms with Crippen molar-refractivity contribution in [3.05, 3.63) is 93.4 Å². The number of thioether (sulfide) groups is 1. The Morgan fingerprint density at radius 3 is 2.54 bits per heavy atom. The smallest absolute Gasteiger partial charge is 0.267 e. The van der Waals surface area contributed by atoms with Crippen LogP contribution >= 0.6 is 24.4 Å². The van der Waals surface area contributed by atoms with Gasteiger partial charge in [-0.25, -0.2) is 4.99 Å². The number of likely N-dealkylation sites (N-methyl/N-ethyl adjacent to an activating group) is 1. The molecule has 1 fully saturated rings. The summed E-state index contributed by atoms with van der Waals surface area (Å²) in [4.78, 5) is 24.2. The Balaban J connectivity index is 1.73. The molecule has 1 aliphatic rings. The first kappa shape index (κ1) is 28.3. The largest absolute Gasteiger partial charge is 0.384 e. The van der Waals surface area contributed by atoms with E-state index in [4.69, 9.17) is 17.6 Å². The van der Waals surface area contributed by atoms with E-state index >= 15 is 0 Å². The maximum absolute atomic E-state index is 13.8. The standard InChI is InChI=1S/C31H33N5OS2/c1-6-33-25-13-12-24(17-32)16-26(25)34-31-36(19-23-10-8-7-9-11-23)30(37)29(39-31)22(4)18-35(5)27-14-20(2)21(3)15-28(27)38/h7-16,33,38H,6,18-19H2,1-5H3/b29-22+,34-31?. The van der Waals surface area contributed by atoms with Gasteiger partial charge in [-0.3, -0.25) is 9.69 Å². The zero-order valence-corrected chi connectivity index (χ0v) is 24.7. The Morgan fingerprint density at radius 1 is 1.13 bits per heavy atom. The molecule has 1 heterocycles. The lowest BCUT2D eigenvalue weighted by atomic mass is 10.1. The van der Waals surface area contributed by atoms with Crippen molar-refractivity contribution in [2.45, 2.75) is 39.1 Å². The van der Waals surface area contributed by atoms with Gasteiger partial charge >= 0.3 is 0 Å². The van der Waals surface area contributed by atoms with E-state index in [0.717, 1.165) is 27.4 Å². The molecule has 6 nitrogen and oxygen atoms in total. The van der Waals surface area contributed by atoms with Crippen LogP contribution in [0, 0.1) is 25.2 Å². The molecule has 0 aliphatic carbocycles. The lowest BCUT2D eigenvalue weighted by Gasteiger charge is -2.23. The van der Waals surface area contributed by atoms with E-state index < -0.39 is 0 Å². The molecule has 200 valence electrons. The van der Waals surface area contributed by atoms with Gasteiger partial charge in [0, 0.05) is 25.0 Å². The summed E-state index contributed by atoms with van der Waals surface area (Å²) in [5.74, 6) is -0.0684. The molecule has 3 aromatic carbocycles. The number of carbonyl (C=O) groups excluding carboxylic acids is 1. The molecule has 1 amide bonds. The molecule has 0 radical (unpaired) electrons. The normalized spacial score (nSPS) is 15.5. The number of thiol groups is 1. The van der Waals surface area contributed by atoms with Crippen molar-refractivity contribution >= 4 is 52.5 Å². The van der Waals surface area contributed by atoms with Crippen LogP contribution in [0.5, 0.6) is 0 Å². The number of nitrogens with one attached hydrogen (secondary N) is 1. The summed E-state index contributed by atoms with van der Waals surface area (Å²) >= 11 is 6.09. The number of hydrogen-bond donors (Lipinski definition) is 2. The first-order valence-corrected chi connectivity index (χ1v) is 14.1. The predicted molar refractivity (Wildman–Crippen MR) is 166 cm³/mol. The molecule has 3 aromatic rings. The molecule has 0 spiro atoms. The van der Waals surface area contributed by atoms with Crippen LogP contribution in [-0.2, 0) is 11.3 Å². The van der Waals surface area contributed by atoms with Crippen LogP contribution < -0.4 is 10.2 Å². The van der Waals surface area contributed by atoms with Gasteiger partial charge in [0.25, 0.3) is 5.91 Å². The Bertz CT molecular complexity index is 1490. The van der Waals surface area contributed by atoms with Crippen LogP contribution in [0.3, 0.4) is 0 Å². The molecular formula is C31H33N5OS2. The number of carbonyl (C=O) groups is 1. The molecule has 0 aromatic heterocycles. The van der Waals surface area contributed by atoms with Crippen molar-refractivity contribution in [3.63, 3.8) is 0 Å². The Kier molecular flexibility index (Phi) is 9.05. The fourth-order valence-corrected chi connectivity index (χ4v) is 5.85. The number of anilines is 2. The number of hydrogen-bond acceptors (Lipinski definition) is 7. The van der Waals surface area contributed by atoms with Crippen molar-refractivity contribution in [1.29, 1.82) is 5.26 Å². The SMILES string of the molecule is CCNc1ccc(C#N)cc1N=C1S/C(=C(\C)CN(C)c2cc(C)c(C)cc2S)C(=O)N1Cc1ccccc1. The Morgan fingerprint density at radius 2 is 1.85 bits per heavy atom. The van der Waals surface area contributed by atoms with Crippen LogP contribution in [0.15, 0.2) is 81.0 Å². The third-order valence-electron chi connectivity index (χ3n) is 6.62. The van der Waals surface area contributed by atoms with Crippen molar-refractivity contribution in [3.8, 4) is 6.07 Å². The van der Waals surface area contributed by atoms with Crippen LogP contribution in [-0.4, -0.2) is 36.1 Å². The van der Waals surface area contributed by atoms with Gasteiger partial charge in [-0.1, -0.05) is 30.3 Å². The molecule has 1 N–H and O–H groups in total. The van der Waals surface area contributed by atoms with Gasteiger partial charge in [0.05, 0.1) is 40.1 Å². The van der Waals surface area contributed by atoms with Gasteiger partial charge in [0.2, 0.25) is 0 Å². The van der Waals surface area contributed by atoms with Crippen LogP contribution in [0.1, 0.15) is 36.1 Å². The number of aliphatic imine (C=N–C) groups is 1. The predicted octanol–water partition coefficient (Wildman–Crippen LogP) is 7.07. The van der Waals surface area contributed by atoms with E-state index in [1.807, 2.05) is 57.3 Å². The van der Waals surface area contributed by atoms with Gasteiger partial charge in [0.1, 0.15) is 0 Å². The Hall–Kier alpha value is -3.67. The monoisotopic (exact) mass is 555 g/mol. The number of amides is 1. The molecular weight excluding hydrogens is 523 g/mol. The minimum atomic E-state index is -0.0684. The number of benzene rings is 3. The highest BCUT2D eigenvalue weighted by molar-refractivity contribution is 8.18. The molecule has 1 aliphatic heterocycles. The molecule has 8 heteroatoms. The van der Waals surface area contributed by atoms with E-state index in [1.165, 1.54) is 22.9 Å². The van der Waals surface area contributed by atoms with Crippen molar-refractivity contribution in [2.24, 2.45) is 4.99 Å². The molecule has 1 saturated heterocycles. The fourth-order valence-electron chi connectivity index (χ4n) is 4.40. The second kappa shape index (κ2) is 12.5. The summed E-state index contributed by atoms with van der Waals surface area (Å²) < 4.78 is 0. The van der Waals surface area contributed by atoms with E-state index in [0.29, 0.717) is 41.0 Å². The zero-order valence-electron chi connectivity index (χ0n) is 22.9. The highest BCUT2D eigenvalue weighted by Crippen LogP contribution is 2.38. The third-order valence-corrected chi connectivity index (χ3v) is 8.20. The zero-order chi connectivity index (χ0) is 28.1. The molecule has 39 heavy (non-hydrogen) atoms. The van der Waals surface area contributed by atoms with Crippen LogP contribution in [0.2, 0.25) is 0 Å². The first-order chi connectivity index (χ1) is 18.7. The first-order valence-electron chi connectivity index (χ1n) is 12.8. The number of amidine groups is 1. The summed E-state index contributed by atoms with van der Waals surface area (Å²) in [7, 11) is 2.02. The second-order valence-electron chi connectivity index (χ2n) is 9.64. The van der Waals surface area contributed by atoms with Gasteiger partial charge < -0.3 is 10.2 Å². The maximum atomic E-state index is 13.8. The highest BCUT2D eigenvalue weighted by atomic mass is 32.2. The minimum Gasteiger partial charge on any atom is -0.384 e. The topological polar surface area (TPSA) is 71.7 Å². The number of aryl methyl sites for hydroxylation is 2. The molecule has 0 saturated carbocycles. The maximum Gasteiger partial charge on any atom is 0.267 e. The average Bonchev–Trinajstić information content (AvgIpc) is 3.22. The fraction of sp³-hybridized carbons (Fsp3) is 0.258. The van der Waals surface area contributed by atoms with Crippen molar-refractivity contribution < 1.29 is 4.79 Å². The summed E-state index contributed by atoms with van der Waals surface area (Å²) in [5.41, 5.74) is 7.37. The van der Waals surface area contributed by atoms with E-state index in [9.17, 15) is 10.1 Å². The Labute approximate surface area is 240 Å². The van der Waals surface area contributed by atoms with Crippen molar-refractivity contribution in [1.82, 2.24) is 4.90 Å². The van der Waals surface area contributed by atoms with E-state index in [-0.39, 0.29) is 5.91 Å². The number of nitriles is 1. The molecule has 0 atom stereocenters. The molecule has 0 unspecified atom stereocenters. The van der Waals surface area contributed by atoms with Gasteiger partial charge in [-0.05, 0) is 92.1 Å². The molecule has 0 bridgehead atoms. The third kappa shape index (κ3) is 6.49. The van der Waals surface area contributed by atoms with Gasteiger partial charge in [0.15, 0.2) is 5.17 Å². The second-order valence-corrected chi connectivity index (χ2v) is 11.1. The van der Waals surface area contributed by atoms with Gasteiger partial charge in [-0.15, -0.1) is 12.6 Å². The number of nitrogens with zero attached hydrogens (tertiary/aromatic N) is 4. The lowest BCUT2D eigenvalue weighted by molar-refractivity contribution is -0.122. The van der Waals surface area contributed by atoms with Crippen LogP contribution in [0.4, 0.5) is 17.1 Å². The average molecular weight is 556 g/mol. The minimum absolute atomic E-state index is 0.0684. The van der Waals surface area contributed by atoms with E-state index in [2.05, 4.69) is 42.3 Å². The lowest BCUT2D eigenvalue weighted by Crippen LogP contribution is -2.29. The molecule has 4 rings (SSSR count). The quantitative estimate of drug-likeness (QED) is 0.230. The highest BCUT2D eigenvalue weighted by Gasteiger charge is 2.35. The summed E-state index contributed by atoms with van der Waals surface area (Å²) in [6.07, 6.45) is 0. The summed E-state index contributed by atoms with van der Waals surface area (Å²) in [6, 6.07) is 21.7. The van der Waals surface area contributed by atoms with Crippen molar-refractivity contribution in [2.75, 3.05) is 30.4 Å². The summed E-state index contributed by atoms with van der Waals surface area (Å²) in [6.45, 7) is 9.88. The number of rotatable bonds is 8. The van der Waals surface area contributed by atoms with Crippen LogP contribution in [0.25, 0.3) is 0 Å². The summed E-state index contributed by atoms with van der Waals surface area (Å²) in [5, 5.41) is 13.4.